The minimum atomic E-state index is 0.0274. The van der Waals surface area contributed by atoms with Crippen LogP contribution >= 0.6 is 0 Å². The van der Waals surface area contributed by atoms with Crippen LogP contribution in [0.25, 0.3) is 0 Å². The number of rotatable bonds is 4. The second kappa shape index (κ2) is 6.00. The number of benzene rings is 2. The monoisotopic (exact) mass is 280 g/mol. The zero-order valence-corrected chi connectivity index (χ0v) is 12.2. The summed E-state index contributed by atoms with van der Waals surface area (Å²) in [5.41, 5.74) is 2.35. The van der Waals surface area contributed by atoms with Crippen LogP contribution in [0.5, 0.6) is 0 Å². The molecule has 2 aromatic rings. The molecule has 0 saturated carbocycles. The molecule has 2 amide bonds. The van der Waals surface area contributed by atoms with Crippen molar-refractivity contribution in [3.63, 3.8) is 0 Å². The highest BCUT2D eigenvalue weighted by molar-refractivity contribution is 5.78. The van der Waals surface area contributed by atoms with E-state index in [2.05, 4.69) is 36.5 Å². The Labute approximate surface area is 125 Å². The summed E-state index contributed by atoms with van der Waals surface area (Å²) in [6, 6.07) is 20.7. The van der Waals surface area contributed by atoms with Gasteiger partial charge in [-0.15, -0.1) is 0 Å². The Morgan fingerprint density at radius 3 is 2.24 bits per heavy atom. The maximum atomic E-state index is 12.3. The van der Waals surface area contributed by atoms with Gasteiger partial charge in [-0.1, -0.05) is 67.6 Å². The highest BCUT2D eigenvalue weighted by atomic mass is 16.2. The van der Waals surface area contributed by atoms with Crippen molar-refractivity contribution in [3.05, 3.63) is 71.8 Å². The first-order valence-electron chi connectivity index (χ1n) is 7.45. The second-order valence-electron chi connectivity index (χ2n) is 5.43. The van der Waals surface area contributed by atoms with E-state index in [-0.39, 0.29) is 18.1 Å². The summed E-state index contributed by atoms with van der Waals surface area (Å²) >= 11 is 0. The molecule has 3 nitrogen and oxygen atoms in total. The van der Waals surface area contributed by atoms with Gasteiger partial charge in [0.15, 0.2) is 0 Å². The van der Waals surface area contributed by atoms with Crippen molar-refractivity contribution in [3.8, 4) is 0 Å². The highest BCUT2D eigenvalue weighted by Crippen LogP contribution is 2.32. The van der Waals surface area contributed by atoms with Gasteiger partial charge in [-0.05, 0) is 17.5 Å². The van der Waals surface area contributed by atoms with E-state index >= 15 is 0 Å². The summed E-state index contributed by atoms with van der Waals surface area (Å²) in [4.78, 5) is 14.3. The van der Waals surface area contributed by atoms with Crippen LogP contribution in [-0.2, 0) is 6.54 Å². The van der Waals surface area contributed by atoms with Gasteiger partial charge in [-0.3, -0.25) is 0 Å². The molecule has 3 rings (SSSR count). The molecule has 0 radical (unpaired) electrons. The Kier molecular flexibility index (Phi) is 3.91. The van der Waals surface area contributed by atoms with E-state index in [1.54, 1.807) is 0 Å². The molecule has 0 unspecified atom stereocenters. The molecular formula is C18H20N2O. The molecule has 0 aromatic heterocycles. The Morgan fingerprint density at radius 2 is 1.62 bits per heavy atom. The van der Waals surface area contributed by atoms with Crippen LogP contribution in [0.4, 0.5) is 4.79 Å². The van der Waals surface area contributed by atoms with Crippen molar-refractivity contribution in [2.45, 2.75) is 32.0 Å². The fourth-order valence-corrected chi connectivity index (χ4v) is 3.00. The molecule has 108 valence electrons. The zero-order chi connectivity index (χ0) is 14.7. The maximum absolute atomic E-state index is 12.3. The van der Waals surface area contributed by atoms with Crippen LogP contribution in [0.2, 0.25) is 0 Å². The smallest absolute Gasteiger partial charge is 0.318 e. The lowest BCUT2D eigenvalue weighted by atomic mass is 9.97. The molecule has 1 heterocycles. The van der Waals surface area contributed by atoms with Gasteiger partial charge >= 0.3 is 6.03 Å². The first-order chi connectivity index (χ1) is 10.3. The summed E-state index contributed by atoms with van der Waals surface area (Å²) in [6.45, 7) is 2.76. The highest BCUT2D eigenvalue weighted by Gasteiger charge is 2.38. The molecule has 1 saturated heterocycles. The number of amides is 2. The molecule has 0 bridgehead atoms. The summed E-state index contributed by atoms with van der Waals surface area (Å²) in [7, 11) is 0. The predicted molar refractivity (Wildman–Crippen MR) is 83.8 cm³/mol. The number of hydrogen-bond acceptors (Lipinski definition) is 1. The summed E-state index contributed by atoms with van der Waals surface area (Å²) in [5.74, 6) is 0. The third kappa shape index (κ3) is 2.77. The molecule has 1 aliphatic rings. The van der Waals surface area contributed by atoms with Crippen LogP contribution < -0.4 is 5.32 Å². The second-order valence-corrected chi connectivity index (χ2v) is 5.43. The summed E-state index contributed by atoms with van der Waals surface area (Å²) in [5, 5.41) is 3.11. The molecule has 21 heavy (non-hydrogen) atoms. The largest absolute Gasteiger partial charge is 0.333 e. The standard InChI is InChI=1S/C18H20N2O/c1-2-16-17(15-11-7-4-8-12-15)20(18(21)19-16)13-14-9-5-3-6-10-14/h3-12,16-17H,2,13H2,1H3,(H,19,21)/t16-,17+/m1/s1. The van der Waals surface area contributed by atoms with E-state index in [1.807, 2.05) is 41.3 Å². The SMILES string of the molecule is CC[C@H]1NC(=O)N(Cc2ccccc2)[C@H]1c1ccccc1. The molecule has 2 aromatic carbocycles. The van der Waals surface area contributed by atoms with Gasteiger partial charge in [0, 0.05) is 6.54 Å². The first-order valence-corrected chi connectivity index (χ1v) is 7.45. The third-order valence-electron chi connectivity index (χ3n) is 4.06. The van der Waals surface area contributed by atoms with E-state index in [0.717, 1.165) is 12.0 Å². The van der Waals surface area contributed by atoms with Crippen molar-refractivity contribution in [2.75, 3.05) is 0 Å². The van der Waals surface area contributed by atoms with Crippen LogP contribution in [0.1, 0.15) is 30.5 Å². The van der Waals surface area contributed by atoms with Crippen LogP contribution in [0.3, 0.4) is 0 Å². The predicted octanol–water partition coefficient (Wildman–Crippen LogP) is 3.73. The Bertz CT molecular complexity index is 597. The maximum Gasteiger partial charge on any atom is 0.318 e. The summed E-state index contributed by atoms with van der Waals surface area (Å²) < 4.78 is 0. The van der Waals surface area contributed by atoms with Crippen LogP contribution in [-0.4, -0.2) is 17.0 Å². The average Bonchev–Trinajstić information content (AvgIpc) is 2.85. The van der Waals surface area contributed by atoms with Crippen LogP contribution in [0.15, 0.2) is 60.7 Å². The number of carbonyl (C=O) groups is 1. The topological polar surface area (TPSA) is 32.3 Å². The number of nitrogens with one attached hydrogen (secondary N) is 1. The zero-order valence-electron chi connectivity index (χ0n) is 12.2. The first kappa shape index (κ1) is 13.7. The van der Waals surface area contributed by atoms with E-state index in [0.29, 0.717) is 6.54 Å². The number of carbonyl (C=O) groups excluding carboxylic acids is 1. The lowest BCUT2D eigenvalue weighted by Crippen LogP contribution is -2.29. The quantitative estimate of drug-likeness (QED) is 0.909. The van der Waals surface area contributed by atoms with Crippen molar-refractivity contribution in [2.24, 2.45) is 0 Å². The van der Waals surface area contributed by atoms with Gasteiger partial charge in [-0.25, -0.2) is 4.79 Å². The molecule has 1 aliphatic heterocycles. The molecule has 0 aliphatic carbocycles. The van der Waals surface area contributed by atoms with Gasteiger partial charge in [0.1, 0.15) is 0 Å². The number of hydrogen-bond donors (Lipinski definition) is 1. The van der Waals surface area contributed by atoms with Gasteiger partial charge in [0.05, 0.1) is 12.1 Å². The van der Waals surface area contributed by atoms with Gasteiger partial charge < -0.3 is 10.2 Å². The summed E-state index contributed by atoms with van der Waals surface area (Å²) in [6.07, 6.45) is 0.927. The van der Waals surface area contributed by atoms with Crippen molar-refractivity contribution >= 4 is 6.03 Å². The van der Waals surface area contributed by atoms with E-state index < -0.39 is 0 Å². The van der Waals surface area contributed by atoms with Crippen molar-refractivity contribution in [1.29, 1.82) is 0 Å². The van der Waals surface area contributed by atoms with Gasteiger partial charge in [-0.2, -0.15) is 0 Å². The fourth-order valence-electron chi connectivity index (χ4n) is 3.00. The Morgan fingerprint density at radius 1 is 1.00 bits per heavy atom. The minimum Gasteiger partial charge on any atom is -0.333 e. The fraction of sp³-hybridized carbons (Fsp3) is 0.278. The van der Waals surface area contributed by atoms with E-state index in [9.17, 15) is 4.79 Å². The third-order valence-corrected chi connectivity index (χ3v) is 4.06. The average molecular weight is 280 g/mol. The molecule has 2 atom stereocenters. The molecular weight excluding hydrogens is 260 g/mol. The van der Waals surface area contributed by atoms with E-state index in [4.69, 9.17) is 0 Å². The lowest BCUT2D eigenvalue weighted by Gasteiger charge is -2.26. The van der Waals surface area contributed by atoms with Gasteiger partial charge in [0.2, 0.25) is 0 Å². The van der Waals surface area contributed by atoms with Gasteiger partial charge in [0.25, 0.3) is 0 Å². The Balaban J connectivity index is 1.90. The van der Waals surface area contributed by atoms with Crippen molar-refractivity contribution in [1.82, 2.24) is 10.2 Å². The molecule has 0 spiro atoms. The van der Waals surface area contributed by atoms with Crippen molar-refractivity contribution < 1.29 is 4.79 Å². The molecule has 3 heteroatoms. The minimum absolute atomic E-state index is 0.0274. The van der Waals surface area contributed by atoms with E-state index in [1.165, 1.54) is 5.56 Å². The molecule has 1 fully saturated rings. The number of urea groups is 1. The Hall–Kier alpha value is -2.29. The normalized spacial score (nSPS) is 21.4. The molecule has 1 N–H and O–H groups in total. The number of nitrogens with zero attached hydrogens (tertiary/aromatic N) is 1. The van der Waals surface area contributed by atoms with Crippen LogP contribution in [0, 0.1) is 0 Å². The lowest BCUT2D eigenvalue weighted by molar-refractivity contribution is 0.198.